The van der Waals surface area contributed by atoms with Crippen molar-refractivity contribution in [2.24, 2.45) is 0 Å². The zero-order valence-corrected chi connectivity index (χ0v) is 7.94. The molecule has 0 aliphatic heterocycles. The highest BCUT2D eigenvalue weighted by atomic mass is 19.1. The van der Waals surface area contributed by atoms with Gasteiger partial charge in [-0.15, -0.1) is 0 Å². The first-order valence-corrected chi connectivity index (χ1v) is 4.56. The summed E-state index contributed by atoms with van der Waals surface area (Å²) >= 11 is 0. The Bertz CT molecular complexity index is 456. The SMILES string of the molecule is Oc1ccc(Nc2ccccc2)c(F)c1. The molecule has 0 amide bonds. The fourth-order valence-electron chi connectivity index (χ4n) is 1.28. The highest BCUT2D eigenvalue weighted by molar-refractivity contribution is 5.60. The van der Waals surface area contributed by atoms with Crippen LogP contribution < -0.4 is 5.32 Å². The van der Waals surface area contributed by atoms with Gasteiger partial charge in [-0.3, -0.25) is 0 Å². The number of nitrogens with one attached hydrogen (secondary N) is 1. The lowest BCUT2D eigenvalue weighted by Crippen LogP contribution is -1.92. The van der Waals surface area contributed by atoms with E-state index < -0.39 is 5.82 Å². The first-order valence-electron chi connectivity index (χ1n) is 4.56. The summed E-state index contributed by atoms with van der Waals surface area (Å²) in [4.78, 5) is 0. The predicted octanol–water partition coefficient (Wildman–Crippen LogP) is 3.27. The van der Waals surface area contributed by atoms with E-state index in [1.54, 1.807) is 0 Å². The van der Waals surface area contributed by atoms with Crippen molar-refractivity contribution < 1.29 is 9.50 Å². The molecule has 0 heterocycles. The van der Waals surface area contributed by atoms with Crippen LogP contribution in [0.1, 0.15) is 0 Å². The Labute approximate surface area is 87.0 Å². The van der Waals surface area contributed by atoms with Gasteiger partial charge in [0.25, 0.3) is 0 Å². The molecule has 0 spiro atoms. The zero-order valence-electron chi connectivity index (χ0n) is 7.94. The van der Waals surface area contributed by atoms with Crippen LogP contribution in [-0.2, 0) is 0 Å². The number of rotatable bonds is 2. The topological polar surface area (TPSA) is 32.3 Å². The molecule has 0 aliphatic rings. The van der Waals surface area contributed by atoms with Gasteiger partial charge in [-0.2, -0.15) is 0 Å². The van der Waals surface area contributed by atoms with E-state index in [0.29, 0.717) is 5.69 Å². The van der Waals surface area contributed by atoms with E-state index in [-0.39, 0.29) is 5.75 Å². The molecule has 76 valence electrons. The van der Waals surface area contributed by atoms with Crippen molar-refractivity contribution >= 4 is 11.4 Å². The average molecular weight is 203 g/mol. The quantitative estimate of drug-likeness (QED) is 0.734. The number of phenols is 1. The predicted molar refractivity (Wildman–Crippen MR) is 57.8 cm³/mol. The Hall–Kier alpha value is -2.03. The maximum Gasteiger partial charge on any atom is 0.150 e. The van der Waals surface area contributed by atoms with Crippen LogP contribution >= 0.6 is 0 Å². The van der Waals surface area contributed by atoms with Crippen LogP contribution in [0.5, 0.6) is 5.75 Å². The molecule has 2 aromatic rings. The van der Waals surface area contributed by atoms with E-state index in [2.05, 4.69) is 5.32 Å². The summed E-state index contributed by atoms with van der Waals surface area (Å²) in [6.45, 7) is 0. The van der Waals surface area contributed by atoms with Gasteiger partial charge in [0.2, 0.25) is 0 Å². The van der Waals surface area contributed by atoms with E-state index in [0.717, 1.165) is 11.8 Å². The molecule has 2 nitrogen and oxygen atoms in total. The lowest BCUT2D eigenvalue weighted by Gasteiger charge is -2.07. The van der Waals surface area contributed by atoms with E-state index in [1.165, 1.54) is 12.1 Å². The van der Waals surface area contributed by atoms with Gasteiger partial charge in [-0.1, -0.05) is 18.2 Å². The van der Waals surface area contributed by atoms with Gasteiger partial charge in [0, 0.05) is 11.8 Å². The third kappa shape index (κ3) is 2.26. The molecule has 2 rings (SSSR count). The third-order valence-corrected chi connectivity index (χ3v) is 2.01. The first-order chi connectivity index (χ1) is 7.25. The summed E-state index contributed by atoms with van der Waals surface area (Å²) < 4.78 is 13.3. The lowest BCUT2D eigenvalue weighted by molar-refractivity contribution is 0.469. The van der Waals surface area contributed by atoms with Crippen molar-refractivity contribution in [3.63, 3.8) is 0 Å². The second kappa shape index (κ2) is 4.00. The van der Waals surface area contributed by atoms with Crippen molar-refractivity contribution in [3.8, 4) is 5.75 Å². The van der Waals surface area contributed by atoms with Gasteiger partial charge in [-0.25, -0.2) is 4.39 Å². The summed E-state index contributed by atoms with van der Waals surface area (Å²) in [5.41, 5.74) is 1.15. The second-order valence-corrected chi connectivity index (χ2v) is 3.16. The van der Waals surface area contributed by atoms with Gasteiger partial charge >= 0.3 is 0 Å². The molecular formula is C12H10FNO. The number of phenolic OH excluding ortho intramolecular Hbond substituents is 1. The van der Waals surface area contributed by atoms with E-state index in [4.69, 9.17) is 5.11 Å². The van der Waals surface area contributed by atoms with Gasteiger partial charge in [-0.05, 0) is 24.3 Å². The van der Waals surface area contributed by atoms with Crippen molar-refractivity contribution in [2.45, 2.75) is 0 Å². The Balaban J connectivity index is 2.25. The number of para-hydroxylation sites is 1. The van der Waals surface area contributed by atoms with E-state index in [9.17, 15) is 4.39 Å². The Kier molecular flexibility index (Phi) is 2.54. The molecule has 3 heteroatoms. The smallest absolute Gasteiger partial charge is 0.150 e. The highest BCUT2D eigenvalue weighted by Gasteiger charge is 2.02. The number of hydrogen-bond acceptors (Lipinski definition) is 2. The summed E-state index contributed by atoms with van der Waals surface area (Å²) in [5.74, 6) is -0.551. The molecule has 0 atom stereocenters. The maximum absolute atomic E-state index is 13.3. The summed E-state index contributed by atoms with van der Waals surface area (Å²) in [6, 6.07) is 13.3. The Morgan fingerprint density at radius 2 is 1.73 bits per heavy atom. The van der Waals surface area contributed by atoms with Crippen LogP contribution in [0.25, 0.3) is 0 Å². The van der Waals surface area contributed by atoms with Crippen LogP contribution in [-0.4, -0.2) is 5.11 Å². The molecule has 0 aliphatic carbocycles. The minimum Gasteiger partial charge on any atom is -0.508 e. The van der Waals surface area contributed by atoms with Crippen molar-refractivity contribution in [3.05, 3.63) is 54.3 Å². The molecule has 2 aromatic carbocycles. The van der Waals surface area contributed by atoms with Crippen LogP contribution in [0.3, 0.4) is 0 Å². The van der Waals surface area contributed by atoms with Gasteiger partial charge < -0.3 is 10.4 Å². The Morgan fingerprint density at radius 1 is 1.00 bits per heavy atom. The molecular weight excluding hydrogens is 193 g/mol. The highest BCUT2D eigenvalue weighted by Crippen LogP contribution is 2.22. The molecule has 0 aromatic heterocycles. The van der Waals surface area contributed by atoms with Crippen LogP contribution in [0.4, 0.5) is 15.8 Å². The van der Waals surface area contributed by atoms with Crippen LogP contribution in [0.15, 0.2) is 48.5 Å². The first kappa shape index (κ1) is 9.52. The molecule has 0 fully saturated rings. The Morgan fingerprint density at radius 3 is 2.40 bits per heavy atom. The van der Waals surface area contributed by atoms with E-state index in [1.807, 2.05) is 30.3 Å². The molecule has 0 bridgehead atoms. The molecule has 0 unspecified atom stereocenters. The zero-order chi connectivity index (χ0) is 10.7. The largest absolute Gasteiger partial charge is 0.508 e. The van der Waals surface area contributed by atoms with Gasteiger partial charge in [0.15, 0.2) is 0 Å². The molecule has 0 saturated heterocycles. The fourth-order valence-corrected chi connectivity index (χ4v) is 1.28. The number of hydrogen-bond donors (Lipinski definition) is 2. The summed E-state index contributed by atoms with van der Waals surface area (Å²) in [7, 11) is 0. The minimum atomic E-state index is -0.473. The number of aromatic hydroxyl groups is 1. The van der Waals surface area contributed by atoms with Crippen molar-refractivity contribution in [2.75, 3.05) is 5.32 Å². The number of benzene rings is 2. The molecule has 0 radical (unpaired) electrons. The van der Waals surface area contributed by atoms with E-state index >= 15 is 0 Å². The molecule has 15 heavy (non-hydrogen) atoms. The van der Waals surface area contributed by atoms with Crippen molar-refractivity contribution in [1.29, 1.82) is 0 Å². The monoisotopic (exact) mass is 203 g/mol. The standard InChI is InChI=1S/C12H10FNO/c13-11-8-10(15)6-7-12(11)14-9-4-2-1-3-5-9/h1-8,14-15H. The summed E-state index contributed by atoms with van der Waals surface area (Å²) in [6.07, 6.45) is 0. The van der Waals surface area contributed by atoms with Gasteiger partial charge in [0.1, 0.15) is 11.6 Å². The van der Waals surface area contributed by atoms with Crippen molar-refractivity contribution in [1.82, 2.24) is 0 Å². The fraction of sp³-hybridized carbons (Fsp3) is 0. The average Bonchev–Trinajstić information content (AvgIpc) is 2.24. The number of anilines is 2. The third-order valence-electron chi connectivity index (χ3n) is 2.01. The van der Waals surface area contributed by atoms with Crippen LogP contribution in [0.2, 0.25) is 0 Å². The van der Waals surface area contributed by atoms with Crippen LogP contribution in [0, 0.1) is 5.82 Å². The summed E-state index contributed by atoms with van der Waals surface area (Å²) in [5, 5.41) is 11.9. The minimum absolute atomic E-state index is 0.0777. The lowest BCUT2D eigenvalue weighted by atomic mass is 10.2. The molecule has 0 saturated carbocycles. The molecule has 2 N–H and O–H groups in total. The maximum atomic E-state index is 13.3. The second-order valence-electron chi connectivity index (χ2n) is 3.16. The normalized spacial score (nSPS) is 9.93. The number of halogens is 1. The van der Waals surface area contributed by atoms with Gasteiger partial charge in [0.05, 0.1) is 5.69 Å².